The Morgan fingerprint density at radius 3 is 0.918 bits per heavy atom. The second kappa shape index (κ2) is 31.4. The maximum absolute atomic E-state index is 6.33. The van der Waals surface area contributed by atoms with E-state index in [1.165, 1.54) is 107 Å². The van der Waals surface area contributed by atoms with Crippen LogP contribution in [0.4, 0.5) is 0 Å². The minimum Gasteiger partial charge on any atom is -0.456 e. The Morgan fingerprint density at radius 1 is 0.177 bits per heavy atom. The van der Waals surface area contributed by atoms with Crippen molar-refractivity contribution in [3.05, 3.63) is 461 Å². The molecule has 0 saturated carbocycles. The summed E-state index contributed by atoms with van der Waals surface area (Å²) in [6, 6.07) is 164. The minimum atomic E-state index is 0.816. The molecule has 682 valence electrons. The Bertz CT molecular complexity index is 11700. The first-order chi connectivity index (χ1) is 72.9. The number of fused-ring (bicyclic) bond motifs is 39. The molecule has 12 heterocycles. The average Bonchev–Trinajstić information content (AvgIpc) is 1.55. The molecule has 0 bridgehead atoms. The molecular formula is C132H76N12O2S. The number of hydrogen-bond acceptors (Lipinski definition) is 9. The van der Waals surface area contributed by atoms with Gasteiger partial charge in [0.2, 0.25) is 17.8 Å². The van der Waals surface area contributed by atoms with Crippen molar-refractivity contribution in [1.82, 2.24) is 56.8 Å². The molecule has 0 unspecified atom stereocenters. The Balaban J connectivity index is 0.0000000982. The first-order valence-corrected chi connectivity index (χ1v) is 50.4. The van der Waals surface area contributed by atoms with E-state index in [-0.39, 0.29) is 0 Å². The fourth-order valence-corrected chi connectivity index (χ4v) is 24.9. The highest BCUT2D eigenvalue weighted by molar-refractivity contribution is 7.26. The number of rotatable bonds is 7. The lowest BCUT2D eigenvalue weighted by Crippen LogP contribution is -2.06. The Morgan fingerprint density at radius 2 is 0.483 bits per heavy atom. The maximum Gasteiger partial charge on any atom is 0.221 e. The Labute approximate surface area is 838 Å². The van der Waals surface area contributed by atoms with E-state index in [2.05, 4.69) is 452 Å². The van der Waals surface area contributed by atoms with Gasteiger partial charge in [-0.2, -0.15) is 0 Å². The van der Waals surface area contributed by atoms with Crippen LogP contribution < -0.4 is 0 Å². The lowest BCUT2D eigenvalue weighted by atomic mass is 9.98. The molecule has 34 aromatic rings. The normalized spacial score (nSPS) is 12.2. The summed E-state index contributed by atoms with van der Waals surface area (Å²) in [6.45, 7) is 0. The number of benzene rings is 22. The molecule has 0 amide bonds. The van der Waals surface area contributed by atoms with Gasteiger partial charge in [-0.1, -0.05) is 285 Å². The molecule has 0 atom stereocenters. The number of para-hydroxylation sites is 10. The van der Waals surface area contributed by atoms with Gasteiger partial charge in [-0.05, 0) is 253 Å². The molecule has 0 saturated heterocycles. The molecule has 14 nitrogen and oxygen atoms in total. The molecule has 0 aliphatic heterocycles. The summed E-state index contributed by atoms with van der Waals surface area (Å²) in [4.78, 5) is 31.5. The standard InChI is InChI=1S/C48H28N4O.C42H24N4O.C42H24N4S/c1-2-10-29(11-3-1)31-20-24-44-36(26-31)37-27-33(21-25-45(37)53-44)32-19-22-41-38(28-32)46-34-13-5-4-12-30(34)18-23-43(46)51(41)48-50-39-15-7-6-14-35(39)47-49-40-16-8-9-17-42(40)52(47)48;1-2-10-28-25(9-1)17-21-37-40(28)32-24-26(27-19-22-39-31(23-27)29-11-4-8-16-38(29)47-39)18-20-35(32)45(37)42-44-33-13-5-3-12-30(33)41-43-34-14-6-7-15-36(34)46(41)42;1-2-11-27-25(10-1)20-23-37-39(27)32-24-26(28-14-9-15-30-29-12-4-8-19-38(29)47-40(28)30)21-22-35(32)45(37)42-44-33-16-5-3-13-31(33)41-43-34-17-6-7-18-36(34)46(41)42/h1-28H;2*1-24H. The molecule has 0 radical (unpaired) electrons. The van der Waals surface area contributed by atoms with Gasteiger partial charge in [-0.25, -0.2) is 29.9 Å². The first-order valence-electron chi connectivity index (χ1n) is 49.6. The lowest BCUT2D eigenvalue weighted by Gasteiger charge is -2.13. The van der Waals surface area contributed by atoms with Crippen molar-refractivity contribution in [2.24, 2.45) is 0 Å². The van der Waals surface area contributed by atoms with Gasteiger partial charge in [0.15, 0.2) is 0 Å². The van der Waals surface area contributed by atoms with Crippen LogP contribution >= 0.6 is 11.3 Å². The fraction of sp³-hybridized carbons (Fsp3) is 0. The largest absolute Gasteiger partial charge is 0.456 e. The van der Waals surface area contributed by atoms with Crippen LogP contribution in [-0.2, 0) is 0 Å². The summed E-state index contributed by atoms with van der Waals surface area (Å²) in [5.74, 6) is 2.47. The molecule has 0 aliphatic carbocycles. The molecule has 34 rings (SSSR count). The topological polar surface area (TPSA) is 132 Å². The third-order valence-electron chi connectivity index (χ3n) is 30.3. The van der Waals surface area contributed by atoms with Crippen molar-refractivity contribution in [2.45, 2.75) is 0 Å². The van der Waals surface area contributed by atoms with Crippen LogP contribution in [0.5, 0.6) is 0 Å². The highest BCUT2D eigenvalue weighted by Crippen LogP contribution is 2.49. The average molecular weight is 1890 g/mol. The second-order valence-electron chi connectivity index (χ2n) is 38.3. The number of hydrogen-bond donors (Lipinski definition) is 0. The summed E-state index contributed by atoms with van der Waals surface area (Å²) < 4.78 is 28.8. The van der Waals surface area contributed by atoms with E-state index in [0.717, 1.165) is 200 Å². The minimum absolute atomic E-state index is 0.816. The monoisotopic (exact) mass is 1890 g/mol. The summed E-state index contributed by atoms with van der Waals surface area (Å²) >= 11 is 1.88. The first kappa shape index (κ1) is 81.0. The summed E-state index contributed by atoms with van der Waals surface area (Å²) in [5.41, 5.74) is 31.1. The quantitative estimate of drug-likeness (QED) is 0.154. The van der Waals surface area contributed by atoms with E-state index in [9.17, 15) is 0 Å². The predicted octanol–water partition coefficient (Wildman–Crippen LogP) is 34.7. The van der Waals surface area contributed by atoms with Gasteiger partial charge in [0.05, 0.1) is 82.8 Å². The van der Waals surface area contributed by atoms with Crippen molar-refractivity contribution < 1.29 is 8.83 Å². The van der Waals surface area contributed by atoms with E-state index in [1.807, 2.05) is 47.7 Å². The van der Waals surface area contributed by atoms with Crippen LogP contribution in [0.15, 0.2) is 470 Å². The van der Waals surface area contributed by atoms with Crippen LogP contribution in [0.25, 0.3) is 307 Å². The van der Waals surface area contributed by atoms with E-state index in [0.29, 0.717) is 0 Å². The van der Waals surface area contributed by atoms with E-state index < -0.39 is 0 Å². The van der Waals surface area contributed by atoms with Gasteiger partial charge < -0.3 is 8.83 Å². The summed E-state index contributed by atoms with van der Waals surface area (Å²) in [6.07, 6.45) is 0. The van der Waals surface area contributed by atoms with E-state index in [1.54, 1.807) is 0 Å². The van der Waals surface area contributed by atoms with Crippen molar-refractivity contribution in [3.63, 3.8) is 0 Å². The third kappa shape index (κ3) is 12.2. The Kier molecular flexibility index (Phi) is 17.3. The molecule has 147 heavy (non-hydrogen) atoms. The zero-order valence-electron chi connectivity index (χ0n) is 78.5. The molecular weight excluding hydrogens is 1820 g/mol. The second-order valence-corrected chi connectivity index (χ2v) is 39.3. The number of thiophene rings is 1. The van der Waals surface area contributed by atoms with Gasteiger partial charge in [-0.3, -0.25) is 26.9 Å². The Hall–Kier alpha value is -19.7. The fourth-order valence-electron chi connectivity index (χ4n) is 23.6. The van der Waals surface area contributed by atoms with Crippen molar-refractivity contribution in [2.75, 3.05) is 0 Å². The van der Waals surface area contributed by atoms with Crippen LogP contribution in [0.2, 0.25) is 0 Å². The molecule has 0 N–H and O–H groups in total. The number of furan rings is 2. The molecule has 22 aromatic carbocycles. The highest BCUT2D eigenvalue weighted by Gasteiger charge is 2.29. The summed E-state index contributed by atoms with van der Waals surface area (Å²) in [7, 11) is 0. The van der Waals surface area contributed by atoms with Crippen molar-refractivity contribution >= 4 is 256 Å². The van der Waals surface area contributed by atoms with Gasteiger partial charge in [0, 0.05) is 90.2 Å². The van der Waals surface area contributed by atoms with Gasteiger partial charge in [0.25, 0.3) is 0 Å². The smallest absolute Gasteiger partial charge is 0.221 e. The van der Waals surface area contributed by atoms with E-state index in [4.69, 9.17) is 38.7 Å². The maximum atomic E-state index is 6.33. The zero-order valence-corrected chi connectivity index (χ0v) is 79.3. The van der Waals surface area contributed by atoms with E-state index >= 15 is 0 Å². The zero-order chi connectivity index (χ0) is 95.9. The van der Waals surface area contributed by atoms with Crippen LogP contribution in [0, 0.1) is 0 Å². The van der Waals surface area contributed by atoms with Gasteiger partial charge in [0.1, 0.15) is 39.3 Å². The molecule has 0 fully saturated rings. The van der Waals surface area contributed by atoms with Crippen molar-refractivity contribution in [3.8, 4) is 62.4 Å². The molecule has 15 heteroatoms. The number of aromatic nitrogens is 12. The third-order valence-corrected chi connectivity index (χ3v) is 31.5. The van der Waals surface area contributed by atoms with Crippen LogP contribution in [0.3, 0.4) is 0 Å². The molecule has 0 aliphatic rings. The number of nitrogens with zero attached hydrogens (tertiary/aromatic N) is 12. The highest BCUT2D eigenvalue weighted by atomic mass is 32.1. The summed E-state index contributed by atoms with van der Waals surface area (Å²) in [5, 5.41) is 24.7. The van der Waals surface area contributed by atoms with Gasteiger partial charge in [-0.15, -0.1) is 11.3 Å². The van der Waals surface area contributed by atoms with Crippen LogP contribution in [0.1, 0.15) is 0 Å². The van der Waals surface area contributed by atoms with Gasteiger partial charge >= 0.3 is 0 Å². The lowest BCUT2D eigenvalue weighted by molar-refractivity contribution is 0.668. The van der Waals surface area contributed by atoms with Crippen molar-refractivity contribution in [1.29, 1.82) is 0 Å². The SMILES string of the molecule is c1ccc(-c2ccc3oc4ccc(-c5ccc6c(c5)c5c7ccccc7ccc5n6-c5nc6ccccc6c6nc7ccccc7n56)cc4c3c2)cc1.c1ccc2c(c1)ccc1c2c2cc(-c3ccc4oc5ccccc5c4c3)ccc2n1-c1nc2ccccc2c2nc3ccccc3n12.c1ccc2c(c1)ccc1c2c2cc(-c3cccc4c3sc3ccccc34)ccc2n1-c1nc2ccccc2c2nc3ccccc3n12. The van der Waals surface area contributed by atoms with Crippen LogP contribution in [-0.4, -0.2) is 56.8 Å². The molecule has 0 spiro atoms. The molecule has 12 aromatic heterocycles. The predicted molar refractivity (Wildman–Crippen MR) is 609 cm³/mol. The number of imidazole rings is 3.